The Kier molecular flexibility index (Phi) is 5.21. The van der Waals surface area contributed by atoms with Gasteiger partial charge in [0, 0.05) is 18.9 Å². The van der Waals surface area contributed by atoms with Gasteiger partial charge in [-0.2, -0.15) is 0 Å². The number of fused-ring (bicyclic) bond motifs is 2. The first kappa shape index (κ1) is 15.8. The molecule has 0 bridgehead atoms. The Bertz CT molecular complexity index is 754. The van der Waals surface area contributed by atoms with Gasteiger partial charge in [-0.3, -0.25) is 0 Å². The quantitative estimate of drug-likeness (QED) is 0.602. The minimum atomic E-state index is 0.486. The number of nitrogens with zero attached hydrogens (tertiary/aromatic N) is 2. The van der Waals surface area contributed by atoms with Crippen molar-refractivity contribution < 1.29 is 9.47 Å². The lowest BCUT2D eigenvalue weighted by atomic mass is 10.2. The van der Waals surface area contributed by atoms with Crippen molar-refractivity contribution >= 4 is 11.4 Å². The molecule has 0 atom stereocenters. The van der Waals surface area contributed by atoms with Crippen LogP contribution in [0.4, 0.5) is 11.4 Å². The molecule has 3 N–H and O–H groups in total. The number of anilines is 2. The Morgan fingerprint density at radius 2 is 1.75 bits per heavy atom. The maximum absolute atomic E-state index is 5.82. The van der Waals surface area contributed by atoms with Crippen LogP contribution >= 0.6 is 0 Å². The molecule has 24 heavy (non-hydrogen) atoms. The minimum Gasteiger partial charge on any atom is -0.490 e. The van der Waals surface area contributed by atoms with Gasteiger partial charge in [-0.1, -0.05) is 18.2 Å². The largest absolute Gasteiger partial charge is 0.490 e. The van der Waals surface area contributed by atoms with Crippen LogP contribution in [0.3, 0.4) is 0 Å². The number of nitrogens with two attached hydrogens (primary N) is 1. The summed E-state index contributed by atoms with van der Waals surface area (Å²) < 4.78 is 11.4. The highest BCUT2D eigenvalue weighted by Crippen LogP contribution is 2.45. The second-order valence-corrected chi connectivity index (χ2v) is 4.89. The van der Waals surface area contributed by atoms with Gasteiger partial charge in [0.25, 0.3) is 0 Å². The predicted octanol–water partition coefficient (Wildman–Crippen LogP) is 3.35. The van der Waals surface area contributed by atoms with Gasteiger partial charge in [0.1, 0.15) is 24.4 Å². The van der Waals surface area contributed by atoms with Crippen molar-refractivity contribution in [2.75, 3.05) is 18.5 Å². The van der Waals surface area contributed by atoms with Crippen LogP contribution in [0.1, 0.15) is 0 Å². The first-order chi connectivity index (χ1) is 11.9. The van der Waals surface area contributed by atoms with Crippen molar-refractivity contribution in [2.45, 2.75) is 0 Å². The lowest BCUT2D eigenvalue weighted by Gasteiger charge is -2.23. The van der Waals surface area contributed by atoms with Crippen LogP contribution in [0.2, 0.25) is 0 Å². The number of rotatable bonds is 3. The van der Waals surface area contributed by atoms with E-state index in [2.05, 4.69) is 15.3 Å². The van der Waals surface area contributed by atoms with Crippen molar-refractivity contribution in [2.24, 2.45) is 5.73 Å². The van der Waals surface area contributed by atoms with Gasteiger partial charge in [-0.15, -0.1) is 0 Å². The Hall–Kier alpha value is -3.12. The fourth-order valence-corrected chi connectivity index (χ4v) is 2.17. The summed E-state index contributed by atoms with van der Waals surface area (Å²) in [5.41, 5.74) is 7.24. The van der Waals surface area contributed by atoms with Crippen LogP contribution in [-0.4, -0.2) is 23.1 Å². The van der Waals surface area contributed by atoms with E-state index in [1.165, 1.54) is 6.33 Å². The Labute approximate surface area is 140 Å². The number of nitrogens with one attached hydrogen (secondary N) is 1. The van der Waals surface area contributed by atoms with Gasteiger partial charge in [0.2, 0.25) is 0 Å². The molecule has 0 spiro atoms. The molecule has 0 radical (unpaired) electrons. The zero-order valence-electron chi connectivity index (χ0n) is 13.1. The van der Waals surface area contributed by atoms with Crippen LogP contribution in [0.5, 0.6) is 17.2 Å². The average molecular weight is 322 g/mol. The minimum absolute atomic E-state index is 0.486. The van der Waals surface area contributed by atoms with E-state index in [0.717, 1.165) is 28.6 Å². The monoisotopic (exact) mass is 322 g/mol. The molecule has 1 aliphatic rings. The maximum atomic E-state index is 5.82. The van der Waals surface area contributed by atoms with Gasteiger partial charge < -0.3 is 20.5 Å². The molecule has 122 valence electrons. The van der Waals surface area contributed by atoms with E-state index in [1.807, 2.05) is 42.5 Å². The summed E-state index contributed by atoms with van der Waals surface area (Å²) in [7, 11) is 0. The number of hydrogen-bond donors (Lipinski definition) is 2. The normalized spacial score (nSPS) is 10.9. The molecule has 0 aliphatic carbocycles. The summed E-state index contributed by atoms with van der Waals surface area (Å²) in [6.45, 7) is 0.973. The lowest BCUT2D eigenvalue weighted by Crippen LogP contribution is -2.12. The summed E-state index contributed by atoms with van der Waals surface area (Å²) in [4.78, 5) is 7.35. The average Bonchev–Trinajstić information content (AvgIpc) is 2.66. The van der Waals surface area contributed by atoms with Crippen LogP contribution in [-0.2, 0) is 0 Å². The van der Waals surface area contributed by atoms with E-state index in [1.54, 1.807) is 18.5 Å². The van der Waals surface area contributed by atoms with E-state index in [0.29, 0.717) is 13.2 Å². The number of para-hydroxylation sites is 3. The molecule has 6 heteroatoms. The zero-order valence-corrected chi connectivity index (χ0v) is 13.1. The van der Waals surface area contributed by atoms with E-state index < -0.39 is 0 Å². The Balaban J connectivity index is 0.000000238. The second kappa shape index (κ2) is 7.94. The molecule has 0 saturated carbocycles. The van der Waals surface area contributed by atoms with E-state index in [9.17, 15) is 0 Å². The lowest BCUT2D eigenvalue weighted by molar-refractivity contribution is 0.328. The standard InChI is InChI=1S/C14H14N2O2.C4H4N2/c15-8-9-17-12-6-3-7-13-14(12)16-10-4-1-2-5-11(10)18-13;1-2-5-4-6-3-1/h1-7,16H,8-9,15H2;1-4H. The van der Waals surface area contributed by atoms with Gasteiger partial charge in [-0.05, 0) is 30.3 Å². The summed E-state index contributed by atoms with van der Waals surface area (Å²) in [5, 5.41) is 3.33. The molecule has 1 aliphatic heterocycles. The van der Waals surface area contributed by atoms with E-state index in [-0.39, 0.29) is 0 Å². The number of benzene rings is 2. The first-order valence-corrected chi connectivity index (χ1v) is 7.58. The molecule has 0 amide bonds. The van der Waals surface area contributed by atoms with Crippen LogP contribution in [0.15, 0.2) is 67.3 Å². The molecule has 0 unspecified atom stereocenters. The zero-order chi connectivity index (χ0) is 16.6. The summed E-state index contributed by atoms with van der Waals surface area (Å²) in [6.07, 6.45) is 4.88. The van der Waals surface area contributed by atoms with Crippen molar-refractivity contribution in [3.63, 3.8) is 0 Å². The third-order valence-electron chi connectivity index (χ3n) is 3.21. The van der Waals surface area contributed by atoms with Crippen molar-refractivity contribution in [3.8, 4) is 17.2 Å². The summed E-state index contributed by atoms with van der Waals surface area (Å²) in [5.74, 6) is 2.34. The highest BCUT2D eigenvalue weighted by molar-refractivity contribution is 5.79. The van der Waals surface area contributed by atoms with Gasteiger partial charge in [0.05, 0.1) is 5.69 Å². The predicted molar refractivity (Wildman–Crippen MR) is 92.8 cm³/mol. The molecule has 6 nitrogen and oxygen atoms in total. The van der Waals surface area contributed by atoms with Gasteiger partial charge in [-0.25, -0.2) is 9.97 Å². The number of aromatic nitrogens is 2. The van der Waals surface area contributed by atoms with Gasteiger partial charge >= 0.3 is 0 Å². The third-order valence-corrected chi connectivity index (χ3v) is 3.21. The van der Waals surface area contributed by atoms with E-state index >= 15 is 0 Å². The number of hydrogen-bond acceptors (Lipinski definition) is 6. The van der Waals surface area contributed by atoms with Crippen molar-refractivity contribution in [1.82, 2.24) is 9.97 Å². The van der Waals surface area contributed by atoms with Crippen LogP contribution < -0.4 is 20.5 Å². The number of ether oxygens (including phenoxy) is 2. The molecule has 0 saturated heterocycles. The van der Waals surface area contributed by atoms with Crippen molar-refractivity contribution in [3.05, 3.63) is 67.3 Å². The topological polar surface area (TPSA) is 82.3 Å². The molecule has 0 fully saturated rings. The maximum Gasteiger partial charge on any atom is 0.154 e. The summed E-state index contributed by atoms with van der Waals surface area (Å²) in [6, 6.07) is 15.3. The first-order valence-electron chi connectivity index (χ1n) is 7.58. The smallest absolute Gasteiger partial charge is 0.154 e. The molecule has 3 aromatic rings. The van der Waals surface area contributed by atoms with Gasteiger partial charge in [0.15, 0.2) is 11.5 Å². The molecule has 4 rings (SSSR count). The second-order valence-electron chi connectivity index (χ2n) is 4.89. The fourth-order valence-electron chi connectivity index (χ4n) is 2.17. The van der Waals surface area contributed by atoms with Crippen LogP contribution in [0, 0.1) is 0 Å². The van der Waals surface area contributed by atoms with E-state index in [4.69, 9.17) is 15.2 Å². The molecule has 2 heterocycles. The summed E-state index contributed by atoms with van der Waals surface area (Å²) >= 11 is 0. The SMILES string of the molecule is NCCOc1cccc2c1Nc1ccccc1O2.c1cncnc1. The highest BCUT2D eigenvalue weighted by Gasteiger charge is 2.19. The highest BCUT2D eigenvalue weighted by atomic mass is 16.5. The fraction of sp³-hybridized carbons (Fsp3) is 0.111. The molecule has 2 aromatic carbocycles. The molecule has 1 aromatic heterocycles. The van der Waals surface area contributed by atoms with Crippen molar-refractivity contribution in [1.29, 1.82) is 0 Å². The third kappa shape index (κ3) is 3.80. The molecular weight excluding hydrogens is 304 g/mol. The Morgan fingerprint density at radius 1 is 0.958 bits per heavy atom. The molecular formula is C18H18N4O2. The Morgan fingerprint density at radius 3 is 2.46 bits per heavy atom. The van der Waals surface area contributed by atoms with Crippen LogP contribution in [0.25, 0.3) is 0 Å².